The van der Waals surface area contributed by atoms with Crippen LogP contribution in [0.3, 0.4) is 0 Å². The fourth-order valence-electron chi connectivity index (χ4n) is 2.50. The maximum absolute atomic E-state index is 12.3. The van der Waals surface area contributed by atoms with Crippen molar-refractivity contribution >= 4 is 45.8 Å². The lowest BCUT2D eigenvalue weighted by atomic mass is 10.2. The van der Waals surface area contributed by atoms with Gasteiger partial charge in [0.25, 0.3) is 5.69 Å². The largest absolute Gasteiger partial charge is 0.464 e. The molecule has 0 radical (unpaired) electrons. The summed E-state index contributed by atoms with van der Waals surface area (Å²) in [6.07, 6.45) is 2.79. The molecule has 11 nitrogen and oxygen atoms in total. The van der Waals surface area contributed by atoms with Crippen LogP contribution < -0.4 is 15.5 Å². The number of nitro groups is 1. The molecule has 1 amide bonds. The number of esters is 1. The van der Waals surface area contributed by atoms with Gasteiger partial charge in [-0.2, -0.15) is 0 Å². The van der Waals surface area contributed by atoms with Gasteiger partial charge in [-0.25, -0.2) is 4.79 Å². The van der Waals surface area contributed by atoms with Gasteiger partial charge in [-0.15, -0.1) is 10.2 Å². The van der Waals surface area contributed by atoms with E-state index in [1.165, 1.54) is 47.4 Å². The van der Waals surface area contributed by atoms with E-state index in [9.17, 15) is 24.5 Å². The number of ether oxygens (including phenoxy) is 1. The molecule has 0 atom stereocenters. The Balaban J connectivity index is 1.35. The molecule has 2 heterocycles. The third-order valence-corrected chi connectivity index (χ3v) is 6.26. The molecule has 0 saturated heterocycles. The monoisotopic (exact) mass is 474 g/mol. The van der Waals surface area contributed by atoms with Gasteiger partial charge < -0.3 is 14.5 Å². The van der Waals surface area contributed by atoms with E-state index in [0.29, 0.717) is 15.2 Å². The Kier molecular flexibility index (Phi) is 6.28. The van der Waals surface area contributed by atoms with Crippen LogP contribution in [0.1, 0.15) is 29.0 Å². The molecule has 1 fully saturated rings. The molecular weight excluding hydrogens is 460 g/mol. The zero-order valence-electron chi connectivity index (χ0n) is 16.2. The fraction of sp³-hybridized carbons (Fsp3) is 0.211. The summed E-state index contributed by atoms with van der Waals surface area (Å²) in [4.78, 5) is 46.4. The van der Waals surface area contributed by atoms with Gasteiger partial charge in [0.15, 0.2) is 4.34 Å². The zero-order valence-corrected chi connectivity index (χ0v) is 17.8. The molecule has 164 valence electrons. The molecule has 3 aromatic rings. The van der Waals surface area contributed by atoms with Gasteiger partial charge >= 0.3 is 5.97 Å². The smallest absolute Gasteiger partial charge is 0.344 e. The first kappa shape index (κ1) is 21.6. The summed E-state index contributed by atoms with van der Waals surface area (Å²) < 4.78 is 10.9. The summed E-state index contributed by atoms with van der Waals surface area (Å²) in [5, 5.41) is 21.8. The molecule has 1 N–H and O–H groups in total. The second-order valence-corrected chi connectivity index (χ2v) is 8.90. The molecule has 0 bridgehead atoms. The standard InChI is InChI=1S/C19H14N4O7S2/c24-14-7-13(9-31-19-22-21-18(32-19)20-16(25)10-4-5-10)29-8-15(14)30-17(26)11-2-1-3-12(6-11)23(27)28/h1-3,6-8,10H,4-5,9H2,(H,20,21,25). The third-order valence-electron chi connectivity index (χ3n) is 4.27. The van der Waals surface area contributed by atoms with Crippen molar-refractivity contribution in [2.45, 2.75) is 22.9 Å². The van der Waals surface area contributed by atoms with E-state index < -0.39 is 16.3 Å². The van der Waals surface area contributed by atoms with Gasteiger partial charge in [-0.3, -0.25) is 19.7 Å². The van der Waals surface area contributed by atoms with Gasteiger partial charge in [0.1, 0.15) is 12.0 Å². The van der Waals surface area contributed by atoms with Gasteiger partial charge in [-0.05, 0) is 18.9 Å². The number of nitro benzene ring substituents is 1. The number of amides is 1. The van der Waals surface area contributed by atoms with Crippen LogP contribution in [-0.2, 0) is 10.5 Å². The van der Waals surface area contributed by atoms with Crippen LogP contribution >= 0.6 is 23.1 Å². The highest BCUT2D eigenvalue weighted by Gasteiger charge is 2.30. The number of carbonyl (C=O) groups is 2. The number of hydrogen-bond donors (Lipinski definition) is 1. The molecule has 0 unspecified atom stereocenters. The molecule has 32 heavy (non-hydrogen) atoms. The predicted molar refractivity (Wildman–Crippen MR) is 114 cm³/mol. The molecule has 4 rings (SSSR count). The number of hydrogen-bond acceptors (Lipinski definition) is 11. The zero-order chi connectivity index (χ0) is 22.7. The van der Waals surface area contributed by atoms with Gasteiger partial charge in [0.05, 0.1) is 16.2 Å². The van der Waals surface area contributed by atoms with Crippen molar-refractivity contribution in [3.8, 4) is 5.75 Å². The third kappa shape index (κ3) is 5.36. The Bertz CT molecular complexity index is 1250. The van der Waals surface area contributed by atoms with Crippen LogP contribution in [-0.4, -0.2) is 27.0 Å². The minimum absolute atomic E-state index is 0.0565. The van der Waals surface area contributed by atoms with Crippen molar-refractivity contribution in [1.29, 1.82) is 0 Å². The van der Waals surface area contributed by atoms with E-state index >= 15 is 0 Å². The number of rotatable bonds is 8. The Morgan fingerprint density at radius 2 is 2.12 bits per heavy atom. The van der Waals surface area contributed by atoms with Crippen LogP contribution in [0.25, 0.3) is 0 Å². The first-order chi connectivity index (χ1) is 15.4. The lowest BCUT2D eigenvalue weighted by molar-refractivity contribution is -0.384. The molecule has 2 aromatic heterocycles. The Morgan fingerprint density at radius 3 is 2.84 bits per heavy atom. The fourth-order valence-corrected chi connectivity index (χ4v) is 4.14. The first-order valence-electron chi connectivity index (χ1n) is 9.24. The number of aromatic nitrogens is 2. The van der Waals surface area contributed by atoms with Gasteiger partial charge in [0.2, 0.25) is 22.2 Å². The van der Waals surface area contributed by atoms with Crippen molar-refractivity contribution < 1.29 is 23.7 Å². The first-order valence-corrected chi connectivity index (χ1v) is 11.0. The maximum atomic E-state index is 12.3. The lowest BCUT2D eigenvalue weighted by Gasteiger charge is -2.04. The highest BCUT2D eigenvalue weighted by atomic mass is 32.2. The molecular formula is C19H14N4O7S2. The summed E-state index contributed by atoms with van der Waals surface area (Å²) in [6, 6.07) is 6.15. The minimum Gasteiger partial charge on any atom is -0.464 e. The van der Waals surface area contributed by atoms with E-state index in [-0.39, 0.29) is 34.6 Å². The average molecular weight is 474 g/mol. The molecule has 0 spiro atoms. The average Bonchev–Trinajstić information content (AvgIpc) is 3.54. The topological polar surface area (TPSA) is 155 Å². The Morgan fingerprint density at radius 1 is 1.31 bits per heavy atom. The number of benzene rings is 1. The Labute approximate surface area is 188 Å². The normalized spacial score (nSPS) is 12.9. The molecule has 13 heteroatoms. The van der Waals surface area contributed by atoms with Crippen molar-refractivity contribution in [1.82, 2.24) is 10.2 Å². The summed E-state index contributed by atoms with van der Waals surface area (Å²) >= 11 is 2.48. The summed E-state index contributed by atoms with van der Waals surface area (Å²) in [6.45, 7) is 0. The van der Waals surface area contributed by atoms with E-state index in [2.05, 4.69) is 15.5 Å². The van der Waals surface area contributed by atoms with E-state index in [1.54, 1.807) is 0 Å². The van der Waals surface area contributed by atoms with Crippen molar-refractivity contribution in [3.05, 3.63) is 68.3 Å². The second kappa shape index (κ2) is 9.28. The molecule has 1 saturated carbocycles. The van der Waals surface area contributed by atoms with Crippen molar-refractivity contribution in [3.63, 3.8) is 0 Å². The van der Waals surface area contributed by atoms with Gasteiger partial charge in [-0.1, -0.05) is 29.2 Å². The highest BCUT2D eigenvalue weighted by molar-refractivity contribution is 8.00. The number of thioether (sulfide) groups is 1. The van der Waals surface area contributed by atoms with Crippen molar-refractivity contribution in [2.75, 3.05) is 5.32 Å². The Hall–Kier alpha value is -3.58. The minimum atomic E-state index is -0.919. The number of non-ortho nitro benzene ring substituents is 1. The molecule has 1 aliphatic rings. The highest BCUT2D eigenvalue weighted by Crippen LogP contribution is 2.32. The molecule has 0 aliphatic heterocycles. The number of carbonyl (C=O) groups excluding carboxylic acids is 2. The van der Waals surface area contributed by atoms with Crippen molar-refractivity contribution in [2.24, 2.45) is 5.92 Å². The van der Waals surface area contributed by atoms with E-state index in [4.69, 9.17) is 9.15 Å². The summed E-state index contributed by atoms with van der Waals surface area (Å²) in [5.41, 5.74) is -0.926. The second-order valence-electron chi connectivity index (χ2n) is 6.70. The van der Waals surface area contributed by atoms with Crippen LogP contribution in [0.15, 0.2) is 50.1 Å². The van der Waals surface area contributed by atoms with E-state index in [0.717, 1.165) is 25.2 Å². The summed E-state index contributed by atoms with van der Waals surface area (Å²) in [5.74, 6) is -0.671. The maximum Gasteiger partial charge on any atom is 0.344 e. The predicted octanol–water partition coefficient (Wildman–Crippen LogP) is 3.26. The van der Waals surface area contributed by atoms with Crippen LogP contribution in [0, 0.1) is 16.0 Å². The number of nitrogens with one attached hydrogen (secondary N) is 1. The molecule has 1 aromatic carbocycles. The SMILES string of the molecule is O=C(Oc1coc(CSc2nnc(NC(=O)C3CC3)s2)cc1=O)c1cccc([N+](=O)[O-])c1. The lowest BCUT2D eigenvalue weighted by Crippen LogP contribution is -2.14. The van der Waals surface area contributed by atoms with Crippen LogP contribution in [0.2, 0.25) is 0 Å². The summed E-state index contributed by atoms with van der Waals surface area (Å²) in [7, 11) is 0. The van der Waals surface area contributed by atoms with Gasteiger partial charge in [0, 0.05) is 24.1 Å². The van der Waals surface area contributed by atoms with Crippen LogP contribution in [0.5, 0.6) is 5.75 Å². The quantitative estimate of drug-likeness (QED) is 0.169. The van der Waals surface area contributed by atoms with Crippen LogP contribution in [0.4, 0.5) is 10.8 Å². The number of anilines is 1. The molecule has 1 aliphatic carbocycles. The van der Waals surface area contributed by atoms with E-state index in [1.807, 2.05) is 0 Å². The number of nitrogens with zero attached hydrogens (tertiary/aromatic N) is 3.